The van der Waals surface area contributed by atoms with Crippen molar-refractivity contribution in [3.05, 3.63) is 71.0 Å². The summed E-state index contributed by atoms with van der Waals surface area (Å²) in [5.41, 5.74) is 2.46. The number of rotatable bonds is 9. The third-order valence-electron chi connectivity index (χ3n) is 6.58. The number of carbonyl (C=O) groups is 2. The first-order valence-corrected chi connectivity index (χ1v) is 12.8. The van der Waals surface area contributed by atoms with Crippen molar-refractivity contribution in [3.8, 4) is 0 Å². The molecule has 0 radical (unpaired) electrons. The molecule has 5 nitrogen and oxygen atoms in total. The molecule has 0 saturated carbocycles. The van der Waals surface area contributed by atoms with Crippen molar-refractivity contribution in [2.45, 2.75) is 53.5 Å². The number of benzene rings is 2. The molecule has 0 bridgehead atoms. The van der Waals surface area contributed by atoms with E-state index < -0.39 is 5.41 Å². The summed E-state index contributed by atoms with van der Waals surface area (Å²) in [5.74, 6) is -0.104. The van der Waals surface area contributed by atoms with Crippen LogP contribution in [0.2, 0.25) is 0 Å². The molecule has 2 aromatic rings. The van der Waals surface area contributed by atoms with Gasteiger partial charge in [-0.25, -0.2) is 4.39 Å². The molecule has 0 spiro atoms. The average Bonchev–Trinajstić information content (AvgIpc) is 2.85. The standard InChI is InChI=1S/C29H40FN3O2/c1-5-6-7-23-8-12-25(13-9-23)27(34)32-19-16-31(17-20-32)18-21-33(28(35)29(2,3)4)22-24-10-14-26(30)15-11-24/h8-15H,5-7,16-22H2,1-4H3. The summed E-state index contributed by atoms with van der Waals surface area (Å²) in [6.45, 7) is 12.7. The van der Waals surface area contributed by atoms with Crippen molar-refractivity contribution in [1.82, 2.24) is 14.7 Å². The van der Waals surface area contributed by atoms with E-state index in [9.17, 15) is 14.0 Å². The van der Waals surface area contributed by atoms with E-state index in [1.807, 2.05) is 42.7 Å². The molecule has 1 heterocycles. The zero-order valence-corrected chi connectivity index (χ0v) is 21.7. The van der Waals surface area contributed by atoms with Gasteiger partial charge in [0.25, 0.3) is 5.91 Å². The monoisotopic (exact) mass is 481 g/mol. The highest BCUT2D eigenvalue weighted by Crippen LogP contribution is 2.20. The quantitative estimate of drug-likeness (QED) is 0.506. The smallest absolute Gasteiger partial charge is 0.253 e. The Labute approximate surface area is 209 Å². The summed E-state index contributed by atoms with van der Waals surface area (Å²) >= 11 is 0. The van der Waals surface area contributed by atoms with E-state index >= 15 is 0 Å². The summed E-state index contributed by atoms with van der Waals surface area (Å²) in [6.07, 6.45) is 3.39. The summed E-state index contributed by atoms with van der Waals surface area (Å²) in [4.78, 5) is 32.1. The Morgan fingerprint density at radius 2 is 1.51 bits per heavy atom. The SMILES string of the molecule is CCCCc1ccc(C(=O)N2CCN(CCN(Cc3ccc(F)cc3)C(=O)C(C)(C)C)CC2)cc1. The van der Waals surface area contributed by atoms with Gasteiger partial charge in [0.2, 0.25) is 5.91 Å². The van der Waals surface area contributed by atoms with Crippen molar-refractivity contribution in [2.24, 2.45) is 5.41 Å². The van der Waals surface area contributed by atoms with Gasteiger partial charge >= 0.3 is 0 Å². The molecular formula is C29H40FN3O2. The van der Waals surface area contributed by atoms with Crippen molar-refractivity contribution in [1.29, 1.82) is 0 Å². The molecule has 0 aromatic heterocycles. The minimum Gasteiger partial charge on any atom is -0.337 e. The number of aryl methyl sites for hydroxylation is 1. The van der Waals surface area contributed by atoms with Crippen LogP contribution < -0.4 is 0 Å². The summed E-state index contributed by atoms with van der Waals surface area (Å²) in [6, 6.07) is 14.4. The lowest BCUT2D eigenvalue weighted by Crippen LogP contribution is -2.51. The second-order valence-corrected chi connectivity index (χ2v) is 10.5. The Morgan fingerprint density at radius 3 is 2.09 bits per heavy atom. The minimum absolute atomic E-state index is 0.0815. The second kappa shape index (κ2) is 12.3. The Morgan fingerprint density at radius 1 is 0.914 bits per heavy atom. The van der Waals surface area contributed by atoms with Crippen LogP contribution in [0, 0.1) is 11.2 Å². The number of amides is 2. The first-order chi connectivity index (χ1) is 16.7. The van der Waals surface area contributed by atoms with Crippen LogP contribution in [0.25, 0.3) is 0 Å². The maximum Gasteiger partial charge on any atom is 0.253 e. The molecule has 1 fully saturated rings. The van der Waals surface area contributed by atoms with E-state index in [0.29, 0.717) is 26.2 Å². The van der Waals surface area contributed by atoms with Crippen LogP contribution in [0.4, 0.5) is 4.39 Å². The lowest BCUT2D eigenvalue weighted by Gasteiger charge is -2.37. The first kappa shape index (κ1) is 26.9. The van der Waals surface area contributed by atoms with Gasteiger partial charge in [-0.05, 0) is 48.2 Å². The van der Waals surface area contributed by atoms with Gasteiger partial charge in [0.15, 0.2) is 0 Å². The topological polar surface area (TPSA) is 43.9 Å². The van der Waals surface area contributed by atoms with Gasteiger partial charge in [-0.1, -0.05) is 58.4 Å². The molecule has 1 saturated heterocycles. The number of carbonyl (C=O) groups excluding carboxylic acids is 2. The molecule has 6 heteroatoms. The largest absolute Gasteiger partial charge is 0.337 e. The molecule has 190 valence electrons. The van der Waals surface area contributed by atoms with Gasteiger partial charge in [0, 0.05) is 56.8 Å². The highest BCUT2D eigenvalue weighted by atomic mass is 19.1. The Balaban J connectivity index is 1.52. The molecular weight excluding hydrogens is 441 g/mol. The zero-order valence-electron chi connectivity index (χ0n) is 21.7. The maximum atomic E-state index is 13.3. The van der Waals surface area contributed by atoms with Crippen LogP contribution in [-0.2, 0) is 17.8 Å². The van der Waals surface area contributed by atoms with Crippen molar-refractivity contribution >= 4 is 11.8 Å². The predicted octanol–water partition coefficient (Wildman–Crippen LogP) is 5.00. The van der Waals surface area contributed by atoms with E-state index in [2.05, 4.69) is 24.0 Å². The van der Waals surface area contributed by atoms with Crippen molar-refractivity contribution < 1.29 is 14.0 Å². The summed E-state index contributed by atoms with van der Waals surface area (Å²) in [7, 11) is 0. The fraction of sp³-hybridized carbons (Fsp3) is 0.517. The minimum atomic E-state index is -0.489. The molecule has 2 aromatic carbocycles. The number of hydrogen-bond acceptors (Lipinski definition) is 3. The molecule has 0 N–H and O–H groups in total. The molecule has 2 amide bonds. The van der Waals surface area contributed by atoms with Crippen LogP contribution >= 0.6 is 0 Å². The van der Waals surface area contributed by atoms with Crippen molar-refractivity contribution in [3.63, 3.8) is 0 Å². The van der Waals surface area contributed by atoms with Gasteiger partial charge in [-0.2, -0.15) is 0 Å². The van der Waals surface area contributed by atoms with Gasteiger partial charge in [-0.3, -0.25) is 14.5 Å². The lowest BCUT2D eigenvalue weighted by atomic mass is 9.94. The Kier molecular flexibility index (Phi) is 9.44. The average molecular weight is 482 g/mol. The maximum absolute atomic E-state index is 13.3. The van der Waals surface area contributed by atoms with Crippen LogP contribution in [0.5, 0.6) is 0 Å². The van der Waals surface area contributed by atoms with Gasteiger partial charge < -0.3 is 9.80 Å². The fourth-order valence-corrected chi connectivity index (χ4v) is 4.35. The van der Waals surface area contributed by atoms with Crippen LogP contribution in [0.1, 0.15) is 62.0 Å². The van der Waals surface area contributed by atoms with E-state index in [1.54, 1.807) is 12.1 Å². The number of hydrogen-bond donors (Lipinski definition) is 0. The number of unbranched alkanes of at least 4 members (excludes halogenated alkanes) is 1. The highest BCUT2D eigenvalue weighted by Gasteiger charge is 2.28. The van der Waals surface area contributed by atoms with E-state index in [0.717, 1.165) is 43.6 Å². The normalized spacial score (nSPS) is 14.7. The molecule has 35 heavy (non-hydrogen) atoms. The third kappa shape index (κ3) is 7.89. The summed E-state index contributed by atoms with van der Waals surface area (Å²) < 4.78 is 13.3. The predicted molar refractivity (Wildman–Crippen MR) is 139 cm³/mol. The van der Waals surface area contributed by atoms with E-state index in [-0.39, 0.29) is 17.6 Å². The molecule has 0 atom stereocenters. The van der Waals surface area contributed by atoms with Crippen LogP contribution in [0.3, 0.4) is 0 Å². The van der Waals surface area contributed by atoms with Crippen LogP contribution in [0.15, 0.2) is 48.5 Å². The zero-order chi connectivity index (χ0) is 25.4. The van der Waals surface area contributed by atoms with E-state index in [1.165, 1.54) is 24.1 Å². The van der Waals surface area contributed by atoms with Gasteiger partial charge in [0.05, 0.1) is 0 Å². The van der Waals surface area contributed by atoms with Gasteiger partial charge in [0.1, 0.15) is 5.82 Å². The number of nitrogens with zero attached hydrogens (tertiary/aromatic N) is 3. The summed E-state index contributed by atoms with van der Waals surface area (Å²) in [5, 5.41) is 0. The van der Waals surface area contributed by atoms with Crippen molar-refractivity contribution in [2.75, 3.05) is 39.3 Å². The highest BCUT2D eigenvalue weighted by molar-refractivity contribution is 5.94. The molecule has 0 aliphatic carbocycles. The van der Waals surface area contributed by atoms with Crippen LogP contribution in [-0.4, -0.2) is 65.8 Å². The molecule has 1 aliphatic rings. The Bertz CT molecular complexity index is 959. The first-order valence-electron chi connectivity index (χ1n) is 12.8. The number of piperazine rings is 1. The molecule has 3 rings (SSSR count). The lowest BCUT2D eigenvalue weighted by molar-refractivity contribution is -0.140. The van der Waals surface area contributed by atoms with Gasteiger partial charge in [-0.15, -0.1) is 0 Å². The van der Waals surface area contributed by atoms with E-state index in [4.69, 9.17) is 0 Å². The third-order valence-corrected chi connectivity index (χ3v) is 6.58. The fourth-order valence-electron chi connectivity index (χ4n) is 4.35. The molecule has 1 aliphatic heterocycles. The number of halogens is 1. The Hall–Kier alpha value is -2.73. The second-order valence-electron chi connectivity index (χ2n) is 10.5. The molecule has 0 unspecified atom stereocenters.